The molecule has 0 aromatic heterocycles. The third-order valence-electron chi connectivity index (χ3n) is 1.44. The Hall–Kier alpha value is -0.910. The van der Waals surface area contributed by atoms with Crippen molar-refractivity contribution in [3.05, 3.63) is 12.7 Å². The van der Waals surface area contributed by atoms with E-state index in [2.05, 4.69) is 16.5 Å². The van der Waals surface area contributed by atoms with Gasteiger partial charge >= 0.3 is 5.97 Å². The Labute approximate surface area is 83.4 Å². The van der Waals surface area contributed by atoms with E-state index in [0.29, 0.717) is 19.4 Å². The minimum atomic E-state index is -0.410. The maximum Gasteiger partial charge on any atom is 0.330 e. The van der Waals surface area contributed by atoms with Crippen molar-refractivity contribution in [2.24, 2.45) is 0 Å². The van der Waals surface area contributed by atoms with Gasteiger partial charge in [0.15, 0.2) is 0 Å². The number of hydrogen-bond donors (Lipinski definition) is 0. The molecule has 0 aliphatic heterocycles. The first-order valence-electron chi connectivity index (χ1n) is 4.36. The van der Waals surface area contributed by atoms with Crippen LogP contribution >= 0.6 is 0 Å². The van der Waals surface area contributed by atoms with Crippen molar-refractivity contribution in [2.75, 3.05) is 13.7 Å². The van der Waals surface area contributed by atoms with Gasteiger partial charge < -0.3 is 4.74 Å². The highest BCUT2D eigenvalue weighted by Gasteiger charge is 2.03. The summed E-state index contributed by atoms with van der Waals surface area (Å²) in [6.07, 6.45) is 2.45. The molecule has 0 heterocycles. The van der Waals surface area contributed by atoms with E-state index in [1.54, 1.807) is 0 Å². The molecule has 0 aliphatic rings. The average Bonchev–Trinajstić information content (AvgIpc) is 2.21. The van der Waals surface area contributed by atoms with Crippen LogP contribution < -0.4 is 0 Å². The predicted octanol–water partition coefficient (Wildman–Crippen LogP) is 1.39. The van der Waals surface area contributed by atoms with E-state index in [4.69, 9.17) is 9.62 Å². The molecule has 14 heavy (non-hydrogen) atoms. The minimum absolute atomic E-state index is 0.0996. The van der Waals surface area contributed by atoms with Gasteiger partial charge in [0, 0.05) is 6.08 Å². The van der Waals surface area contributed by atoms with Crippen LogP contribution in [0, 0.1) is 0 Å². The van der Waals surface area contributed by atoms with Crippen molar-refractivity contribution >= 4 is 5.97 Å². The Balaban J connectivity index is 3.26. The Kier molecular flexibility index (Phi) is 8.11. The lowest BCUT2D eigenvalue weighted by Crippen LogP contribution is -2.10. The van der Waals surface area contributed by atoms with E-state index in [9.17, 15) is 4.79 Å². The maximum atomic E-state index is 10.6. The van der Waals surface area contributed by atoms with Crippen LogP contribution in [0.2, 0.25) is 0 Å². The number of carbonyl (C=O) groups excluding carboxylic acids is 1. The highest BCUT2D eigenvalue weighted by molar-refractivity contribution is 5.81. The number of esters is 1. The largest absolute Gasteiger partial charge is 0.463 e. The summed E-state index contributed by atoms with van der Waals surface area (Å²) < 4.78 is 4.76. The van der Waals surface area contributed by atoms with Gasteiger partial charge in [-0.2, -0.15) is 0 Å². The molecular weight excluding hydrogens is 188 g/mol. The van der Waals surface area contributed by atoms with Gasteiger partial charge in [0.2, 0.25) is 0 Å². The monoisotopic (exact) mass is 204 g/mol. The van der Waals surface area contributed by atoms with Crippen LogP contribution in [0.4, 0.5) is 0 Å². The fourth-order valence-electron chi connectivity index (χ4n) is 0.757. The van der Waals surface area contributed by atoms with Crippen molar-refractivity contribution in [3.8, 4) is 0 Å². The molecule has 0 aromatic rings. The van der Waals surface area contributed by atoms with Gasteiger partial charge in [0.1, 0.15) is 0 Å². The molecule has 0 aliphatic carbocycles. The molecule has 0 N–H and O–H groups in total. The van der Waals surface area contributed by atoms with Crippen molar-refractivity contribution in [2.45, 2.75) is 25.9 Å². The highest BCUT2D eigenvalue weighted by atomic mass is 17.5. The molecule has 1 unspecified atom stereocenters. The van der Waals surface area contributed by atoms with Gasteiger partial charge in [-0.15, -0.1) is 0 Å². The maximum absolute atomic E-state index is 10.6. The van der Waals surface area contributed by atoms with Crippen LogP contribution in [0.15, 0.2) is 12.7 Å². The van der Waals surface area contributed by atoms with E-state index in [1.807, 2.05) is 6.92 Å². The molecule has 0 spiro atoms. The van der Waals surface area contributed by atoms with Crippen LogP contribution in [-0.2, 0) is 24.3 Å². The lowest BCUT2D eigenvalue weighted by atomic mass is 10.2. The molecule has 0 rings (SSSR count). The van der Waals surface area contributed by atoms with Crippen molar-refractivity contribution in [1.82, 2.24) is 0 Å². The third kappa shape index (κ3) is 7.72. The lowest BCUT2D eigenvalue weighted by Gasteiger charge is -2.09. The van der Waals surface area contributed by atoms with Gasteiger partial charge in [-0.1, -0.05) is 11.6 Å². The molecule has 0 amide bonds. The summed E-state index contributed by atoms with van der Waals surface area (Å²) >= 11 is 0. The lowest BCUT2D eigenvalue weighted by molar-refractivity contribution is -0.515. The van der Waals surface area contributed by atoms with Crippen molar-refractivity contribution in [3.63, 3.8) is 0 Å². The zero-order valence-electron chi connectivity index (χ0n) is 8.52. The van der Waals surface area contributed by atoms with Crippen LogP contribution in [0.3, 0.4) is 0 Å². The topological polar surface area (TPSA) is 54.0 Å². The zero-order valence-corrected chi connectivity index (χ0v) is 8.52. The van der Waals surface area contributed by atoms with Gasteiger partial charge in [0.25, 0.3) is 0 Å². The second-order valence-electron chi connectivity index (χ2n) is 2.66. The molecule has 0 radical (unpaired) electrons. The third-order valence-corrected chi connectivity index (χ3v) is 1.44. The number of rotatable bonds is 8. The Morgan fingerprint density at radius 3 is 2.86 bits per heavy atom. The van der Waals surface area contributed by atoms with Gasteiger partial charge in [-0.25, -0.2) is 14.6 Å². The molecule has 82 valence electrons. The fraction of sp³-hybridized carbons (Fsp3) is 0.667. The second kappa shape index (κ2) is 8.68. The Bertz CT molecular complexity index is 169. The molecule has 1 atom stereocenters. The summed E-state index contributed by atoms with van der Waals surface area (Å²) in [6.45, 7) is 5.46. The van der Waals surface area contributed by atoms with Gasteiger partial charge in [-0.05, 0) is 19.8 Å². The normalized spacial score (nSPS) is 12.1. The second-order valence-corrected chi connectivity index (χ2v) is 2.66. The summed E-state index contributed by atoms with van der Waals surface area (Å²) in [5.74, 6) is -0.410. The molecule has 0 saturated carbocycles. The van der Waals surface area contributed by atoms with E-state index in [0.717, 1.165) is 6.08 Å². The number of hydrogen-bond acceptors (Lipinski definition) is 5. The fourth-order valence-corrected chi connectivity index (χ4v) is 0.757. The first-order valence-corrected chi connectivity index (χ1v) is 4.36. The average molecular weight is 204 g/mol. The highest BCUT2D eigenvalue weighted by Crippen LogP contribution is 2.02. The van der Waals surface area contributed by atoms with E-state index in [-0.39, 0.29) is 6.10 Å². The molecule has 0 fully saturated rings. The van der Waals surface area contributed by atoms with E-state index < -0.39 is 5.97 Å². The minimum Gasteiger partial charge on any atom is -0.463 e. The standard InChI is InChI=1S/C9H16O5/c1-4-9(10)12-7-5-6-8(2)13-14-11-3/h4,8H,1,5-7H2,2-3H3. The van der Waals surface area contributed by atoms with Crippen molar-refractivity contribution in [1.29, 1.82) is 0 Å². The molecule has 0 bridgehead atoms. The molecular formula is C9H16O5. The SMILES string of the molecule is C=CC(=O)OCCCC(C)OOOC. The summed E-state index contributed by atoms with van der Waals surface area (Å²) in [4.78, 5) is 19.6. The Morgan fingerprint density at radius 1 is 1.57 bits per heavy atom. The quantitative estimate of drug-likeness (QED) is 0.197. The summed E-state index contributed by atoms with van der Waals surface area (Å²) in [6, 6.07) is 0. The number of carbonyl (C=O) groups is 1. The number of ether oxygens (including phenoxy) is 1. The van der Waals surface area contributed by atoms with Crippen LogP contribution in [-0.4, -0.2) is 25.8 Å². The van der Waals surface area contributed by atoms with Gasteiger partial charge in [0.05, 0.1) is 19.8 Å². The molecule has 5 nitrogen and oxygen atoms in total. The van der Waals surface area contributed by atoms with E-state index in [1.165, 1.54) is 7.11 Å². The first-order chi connectivity index (χ1) is 6.70. The first kappa shape index (κ1) is 13.1. The van der Waals surface area contributed by atoms with Crippen LogP contribution in [0.5, 0.6) is 0 Å². The summed E-state index contributed by atoms with van der Waals surface area (Å²) in [7, 11) is 1.36. The molecule has 0 aromatic carbocycles. The Morgan fingerprint density at radius 2 is 2.29 bits per heavy atom. The molecule has 0 saturated heterocycles. The predicted molar refractivity (Wildman–Crippen MR) is 49.0 cm³/mol. The zero-order chi connectivity index (χ0) is 10.8. The van der Waals surface area contributed by atoms with Crippen LogP contribution in [0.1, 0.15) is 19.8 Å². The summed E-state index contributed by atoms with van der Waals surface area (Å²) in [5, 5.41) is 4.27. The smallest absolute Gasteiger partial charge is 0.330 e. The van der Waals surface area contributed by atoms with Crippen LogP contribution in [0.25, 0.3) is 0 Å². The van der Waals surface area contributed by atoms with E-state index >= 15 is 0 Å². The molecule has 5 heteroatoms. The summed E-state index contributed by atoms with van der Waals surface area (Å²) in [5.41, 5.74) is 0. The van der Waals surface area contributed by atoms with Gasteiger partial charge in [-0.3, -0.25) is 0 Å². The van der Waals surface area contributed by atoms with Crippen molar-refractivity contribution < 1.29 is 24.3 Å².